The van der Waals surface area contributed by atoms with Gasteiger partial charge in [0.1, 0.15) is 5.82 Å². The van der Waals surface area contributed by atoms with Crippen molar-refractivity contribution < 1.29 is 15.0 Å². The number of thioether (sulfide) groups is 1. The molecule has 0 radical (unpaired) electrons. The highest BCUT2D eigenvalue weighted by atomic mass is 79.9. The van der Waals surface area contributed by atoms with Gasteiger partial charge in [-0.25, -0.2) is 9.59 Å². The van der Waals surface area contributed by atoms with Gasteiger partial charge in [-0.15, -0.1) is 11.8 Å². The summed E-state index contributed by atoms with van der Waals surface area (Å²) < 4.78 is 2.50. The Hall–Kier alpha value is -1.49. The molecule has 162 valence electrons. The molecule has 1 saturated heterocycles. The summed E-state index contributed by atoms with van der Waals surface area (Å²) in [6.45, 7) is 3.14. The lowest BCUT2D eigenvalue weighted by Crippen LogP contribution is -2.54. The highest BCUT2D eigenvalue weighted by molar-refractivity contribution is 9.10. The van der Waals surface area contributed by atoms with Gasteiger partial charge in [0.25, 0.3) is 0 Å². The number of halogens is 2. The summed E-state index contributed by atoms with van der Waals surface area (Å²) in [7, 11) is 0. The second kappa shape index (κ2) is 8.57. The predicted molar refractivity (Wildman–Crippen MR) is 121 cm³/mol. The minimum atomic E-state index is -0.943. The summed E-state index contributed by atoms with van der Waals surface area (Å²) in [5.74, 6) is 1.25. The zero-order valence-electron chi connectivity index (χ0n) is 16.3. The van der Waals surface area contributed by atoms with E-state index in [1.807, 2.05) is 17.9 Å². The van der Waals surface area contributed by atoms with E-state index >= 15 is 0 Å². The molecule has 2 aliphatic heterocycles. The van der Waals surface area contributed by atoms with Gasteiger partial charge in [-0.3, -0.25) is 4.57 Å². The Morgan fingerprint density at radius 2 is 2.20 bits per heavy atom. The molecule has 1 aromatic carbocycles. The molecule has 0 bridgehead atoms. The fraction of sp³-hybridized carbons (Fsp3) is 0.526. The lowest BCUT2D eigenvalue weighted by atomic mass is 10.1. The number of carboxylic acid groups (broad SMARTS) is 1. The van der Waals surface area contributed by atoms with Crippen molar-refractivity contribution in [1.29, 1.82) is 0 Å². The zero-order chi connectivity index (χ0) is 21.6. The first-order valence-electron chi connectivity index (χ1n) is 9.76. The van der Waals surface area contributed by atoms with E-state index < -0.39 is 6.09 Å². The van der Waals surface area contributed by atoms with Crippen LogP contribution in [0.25, 0.3) is 10.9 Å². The van der Waals surface area contributed by atoms with Gasteiger partial charge in [0.2, 0.25) is 0 Å². The van der Waals surface area contributed by atoms with Crippen LogP contribution >= 0.6 is 39.3 Å². The lowest BCUT2D eigenvalue weighted by molar-refractivity contribution is 0.136. The highest BCUT2D eigenvalue weighted by Crippen LogP contribution is 2.46. The molecule has 2 N–H and O–H groups in total. The molecule has 11 heteroatoms. The molecule has 2 atom stereocenters. The minimum Gasteiger partial charge on any atom is -0.465 e. The van der Waals surface area contributed by atoms with Crippen molar-refractivity contribution in [2.24, 2.45) is 0 Å². The van der Waals surface area contributed by atoms with Crippen molar-refractivity contribution in [3.05, 3.63) is 26.0 Å². The summed E-state index contributed by atoms with van der Waals surface area (Å²) >= 11 is 11.7. The molecule has 4 rings (SSSR count). The summed E-state index contributed by atoms with van der Waals surface area (Å²) in [5, 5.41) is 19.9. The Labute approximate surface area is 190 Å². The van der Waals surface area contributed by atoms with Crippen molar-refractivity contribution in [2.45, 2.75) is 36.7 Å². The van der Waals surface area contributed by atoms with Crippen LogP contribution in [-0.2, 0) is 0 Å². The smallest absolute Gasteiger partial charge is 0.407 e. The van der Waals surface area contributed by atoms with Gasteiger partial charge in [0.05, 0.1) is 15.0 Å². The monoisotopic (exact) mass is 516 g/mol. The Balaban J connectivity index is 1.88. The Kier molecular flexibility index (Phi) is 6.20. The van der Waals surface area contributed by atoms with E-state index in [0.717, 1.165) is 20.3 Å². The third-order valence-corrected chi connectivity index (χ3v) is 8.54. The maximum absolute atomic E-state index is 13.2. The molecule has 8 nitrogen and oxygen atoms in total. The van der Waals surface area contributed by atoms with Crippen LogP contribution in [0.2, 0.25) is 5.02 Å². The van der Waals surface area contributed by atoms with Crippen molar-refractivity contribution in [3.63, 3.8) is 0 Å². The normalized spacial score (nSPS) is 21.3. The topological polar surface area (TPSA) is 98.9 Å². The van der Waals surface area contributed by atoms with Gasteiger partial charge in [0, 0.05) is 54.4 Å². The van der Waals surface area contributed by atoms with Gasteiger partial charge in [0.15, 0.2) is 0 Å². The fourth-order valence-corrected chi connectivity index (χ4v) is 6.39. The van der Waals surface area contributed by atoms with Gasteiger partial charge >= 0.3 is 11.8 Å². The largest absolute Gasteiger partial charge is 0.465 e. The molecule has 1 fully saturated rings. The maximum atomic E-state index is 13.2. The number of nitrogens with zero attached hydrogens (tertiary/aromatic N) is 4. The van der Waals surface area contributed by atoms with Crippen LogP contribution < -0.4 is 10.6 Å². The zero-order valence-corrected chi connectivity index (χ0v) is 19.5. The SMILES string of the molecule is CC1CN(C(=O)O)CCN1c1nc(=O)n2c3c(c(Br)c(Cl)cc13)SC[C@H]2CCCO. The van der Waals surface area contributed by atoms with Gasteiger partial charge < -0.3 is 20.0 Å². The first-order valence-corrected chi connectivity index (χ1v) is 11.9. The molecule has 2 aliphatic rings. The third-order valence-electron chi connectivity index (χ3n) is 5.69. The Bertz CT molecular complexity index is 1070. The van der Waals surface area contributed by atoms with E-state index in [9.17, 15) is 19.8 Å². The number of rotatable bonds is 4. The molecule has 1 unspecified atom stereocenters. The number of anilines is 1. The number of aliphatic hydroxyl groups is 1. The van der Waals surface area contributed by atoms with Crippen LogP contribution in [0, 0.1) is 0 Å². The molecule has 0 spiro atoms. The van der Waals surface area contributed by atoms with Gasteiger partial charge in [-0.2, -0.15) is 4.98 Å². The molecule has 0 aliphatic carbocycles. The van der Waals surface area contributed by atoms with Crippen molar-refractivity contribution in [2.75, 3.05) is 36.9 Å². The van der Waals surface area contributed by atoms with E-state index in [-0.39, 0.29) is 24.4 Å². The van der Waals surface area contributed by atoms with Crippen molar-refractivity contribution >= 4 is 62.1 Å². The van der Waals surface area contributed by atoms with E-state index in [4.69, 9.17) is 11.6 Å². The first-order chi connectivity index (χ1) is 14.3. The number of hydrogen-bond donors (Lipinski definition) is 2. The molecule has 30 heavy (non-hydrogen) atoms. The molecule has 2 aromatic rings. The van der Waals surface area contributed by atoms with Crippen LogP contribution in [-0.4, -0.2) is 68.8 Å². The number of aliphatic hydroxyl groups excluding tert-OH is 1. The molecular formula is C19H22BrClN4O4S. The molecule has 1 amide bonds. The standard InChI is InChI=1S/C19H22BrClN4O4S/c1-10-8-23(19(28)29)4-5-24(10)17-12-7-13(21)14(20)16-15(12)25(18(27)22-17)11(9-30-16)3-2-6-26/h7,10-11,26H,2-6,8-9H2,1H3,(H,28,29)/t10?,11-/m1/s1. The molecule has 0 saturated carbocycles. The van der Waals surface area contributed by atoms with Crippen LogP contribution in [0.5, 0.6) is 0 Å². The van der Waals surface area contributed by atoms with Crippen LogP contribution in [0.4, 0.5) is 10.6 Å². The molecular weight excluding hydrogens is 496 g/mol. The lowest BCUT2D eigenvalue weighted by Gasteiger charge is -2.40. The average Bonchev–Trinajstić information content (AvgIpc) is 2.72. The quantitative estimate of drug-likeness (QED) is 0.641. The Morgan fingerprint density at radius 1 is 1.43 bits per heavy atom. The highest BCUT2D eigenvalue weighted by Gasteiger charge is 2.32. The fourth-order valence-electron chi connectivity index (χ4n) is 4.23. The number of benzene rings is 1. The van der Waals surface area contributed by atoms with Crippen LogP contribution in [0.1, 0.15) is 25.8 Å². The van der Waals surface area contributed by atoms with Crippen LogP contribution in [0.15, 0.2) is 20.2 Å². The number of piperazine rings is 1. The Morgan fingerprint density at radius 3 is 2.87 bits per heavy atom. The van der Waals surface area contributed by atoms with Crippen molar-refractivity contribution in [1.82, 2.24) is 14.5 Å². The molecule has 3 heterocycles. The van der Waals surface area contributed by atoms with E-state index in [0.29, 0.717) is 49.1 Å². The van der Waals surface area contributed by atoms with E-state index in [1.165, 1.54) is 4.90 Å². The number of hydrogen-bond acceptors (Lipinski definition) is 6. The maximum Gasteiger partial charge on any atom is 0.407 e. The third kappa shape index (κ3) is 3.68. The summed E-state index contributed by atoms with van der Waals surface area (Å²) in [4.78, 5) is 33.2. The number of aromatic nitrogens is 2. The summed E-state index contributed by atoms with van der Waals surface area (Å²) in [5.41, 5.74) is 0.470. The number of carbonyl (C=O) groups is 1. The van der Waals surface area contributed by atoms with Gasteiger partial charge in [-0.05, 0) is 41.8 Å². The average molecular weight is 518 g/mol. The first kappa shape index (κ1) is 21.7. The van der Waals surface area contributed by atoms with E-state index in [2.05, 4.69) is 20.9 Å². The van der Waals surface area contributed by atoms with Crippen LogP contribution in [0.3, 0.4) is 0 Å². The van der Waals surface area contributed by atoms with Gasteiger partial charge in [-0.1, -0.05) is 11.6 Å². The second-order valence-electron chi connectivity index (χ2n) is 7.59. The number of amides is 1. The van der Waals surface area contributed by atoms with E-state index in [1.54, 1.807) is 16.3 Å². The second-order valence-corrected chi connectivity index (χ2v) is 9.82. The predicted octanol–water partition coefficient (Wildman–Crippen LogP) is 3.42. The molecule has 1 aromatic heterocycles. The summed E-state index contributed by atoms with van der Waals surface area (Å²) in [6, 6.07) is 1.64. The summed E-state index contributed by atoms with van der Waals surface area (Å²) in [6.07, 6.45) is 0.355. The minimum absolute atomic E-state index is 0.0550. The van der Waals surface area contributed by atoms with Crippen molar-refractivity contribution in [3.8, 4) is 0 Å².